The molecule has 1 saturated heterocycles. The Labute approximate surface area is 114 Å². The molecule has 0 bridgehead atoms. The number of aliphatic hydroxyl groups excluding tert-OH is 1. The van der Waals surface area contributed by atoms with Crippen molar-refractivity contribution in [2.75, 3.05) is 6.54 Å². The zero-order chi connectivity index (χ0) is 14.2. The zero-order valence-electron chi connectivity index (χ0n) is 10.6. The summed E-state index contributed by atoms with van der Waals surface area (Å²) in [6.45, 7) is 3.81. The van der Waals surface area contributed by atoms with E-state index in [1.165, 1.54) is 4.90 Å². The minimum Gasteiger partial charge on any atom is -0.480 e. The number of hydrogen-bond acceptors (Lipinski definition) is 6. The van der Waals surface area contributed by atoms with Gasteiger partial charge >= 0.3 is 5.97 Å². The highest BCUT2D eigenvalue weighted by molar-refractivity contribution is 7.08. The lowest BCUT2D eigenvalue weighted by molar-refractivity contribution is -0.141. The predicted molar refractivity (Wildman–Crippen MR) is 67.1 cm³/mol. The molecule has 1 aliphatic heterocycles. The quantitative estimate of drug-likeness (QED) is 0.829. The number of amides is 1. The number of carboxylic acids is 1. The number of β-amino-alcohol motifs (C(OH)–C–C–N with tert-alkyl or cyclic N) is 1. The van der Waals surface area contributed by atoms with Crippen LogP contribution in [0.1, 0.15) is 41.6 Å². The second-order valence-electron chi connectivity index (χ2n) is 4.84. The van der Waals surface area contributed by atoms with E-state index in [0.717, 1.165) is 11.5 Å². The van der Waals surface area contributed by atoms with Crippen LogP contribution in [0, 0.1) is 0 Å². The molecular weight excluding hydrogens is 270 g/mol. The van der Waals surface area contributed by atoms with E-state index >= 15 is 0 Å². The van der Waals surface area contributed by atoms with Crippen molar-refractivity contribution < 1.29 is 19.8 Å². The van der Waals surface area contributed by atoms with Crippen molar-refractivity contribution in [1.29, 1.82) is 0 Å². The van der Waals surface area contributed by atoms with Gasteiger partial charge in [-0.2, -0.15) is 0 Å². The zero-order valence-corrected chi connectivity index (χ0v) is 11.4. The van der Waals surface area contributed by atoms with Crippen molar-refractivity contribution in [3.63, 3.8) is 0 Å². The molecule has 2 heterocycles. The van der Waals surface area contributed by atoms with Crippen LogP contribution in [0.25, 0.3) is 0 Å². The second kappa shape index (κ2) is 5.22. The maximum atomic E-state index is 12.4. The molecule has 0 radical (unpaired) electrons. The van der Waals surface area contributed by atoms with Gasteiger partial charge in [0.15, 0.2) is 0 Å². The number of carboxylic acid groups (broad SMARTS) is 1. The maximum absolute atomic E-state index is 12.4. The van der Waals surface area contributed by atoms with Gasteiger partial charge in [0.2, 0.25) is 0 Å². The summed E-state index contributed by atoms with van der Waals surface area (Å²) in [5.74, 6) is -1.48. The molecule has 1 amide bonds. The lowest BCUT2D eigenvalue weighted by Gasteiger charge is -2.20. The minimum atomic E-state index is -1.10. The van der Waals surface area contributed by atoms with Crippen LogP contribution in [0.3, 0.4) is 0 Å². The first kappa shape index (κ1) is 13.9. The van der Waals surface area contributed by atoms with E-state index in [9.17, 15) is 14.7 Å². The number of aliphatic carboxylic acids is 1. The van der Waals surface area contributed by atoms with Gasteiger partial charge in [0.1, 0.15) is 10.9 Å². The lowest BCUT2D eigenvalue weighted by Crippen LogP contribution is -2.40. The Morgan fingerprint density at radius 1 is 1.47 bits per heavy atom. The molecule has 8 heteroatoms. The van der Waals surface area contributed by atoms with E-state index < -0.39 is 24.0 Å². The Hall–Kier alpha value is -1.54. The van der Waals surface area contributed by atoms with Gasteiger partial charge in [-0.3, -0.25) is 4.79 Å². The van der Waals surface area contributed by atoms with Gasteiger partial charge in [-0.05, 0) is 17.5 Å². The average molecular weight is 285 g/mol. The summed E-state index contributed by atoms with van der Waals surface area (Å²) in [4.78, 5) is 25.0. The summed E-state index contributed by atoms with van der Waals surface area (Å²) < 4.78 is 3.76. The van der Waals surface area contributed by atoms with Gasteiger partial charge in [-0.1, -0.05) is 18.3 Å². The van der Waals surface area contributed by atoms with Crippen molar-refractivity contribution >= 4 is 23.4 Å². The Bertz CT molecular complexity index is 502. The third-order valence-electron chi connectivity index (χ3n) is 3.08. The van der Waals surface area contributed by atoms with E-state index in [4.69, 9.17) is 5.11 Å². The molecule has 0 saturated carbocycles. The first-order valence-electron chi connectivity index (χ1n) is 5.96. The summed E-state index contributed by atoms with van der Waals surface area (Å²) in [6, 6.07) is -0.982. The number of carbonyl (C=O) groups excluding carboxylic acids is 1. The third kappa shape index (κ3) is 2.59. The predicted octanol–water partition coefficient (Wildman–Crippen LogP) is 0.322. The molecule has 1 aromatic heterocycles. The largest absolute Gasteiger partial charge is 0.480 e. The SMILES string of the molecule is CC(C)c1nnsc1C(=O)N1C[C@@H](O)C[C@H]1C(=O)O. The van der Waals surface area contributed by atoms with Crippen LogP contribution in [-0.4, -0.2) is 55.3 Å². The number of hydrogen-bond donors (Lipinski definition) is 2. The average Bonchev–Trinajstić information content (AvgIpc) is 2.93. The monoisotopic (exact) mass is 285 g/mol. The van der Waals surface area contributed by atoms with Crippen LogP contribution in [-0.2, 0) is 4.79 Å². The highest BCUT2D eigenvalue weighted by atomic mass is 32.1. The van der Waals surface area contributed by atoms with Crippen molar-refractivity contribution in [3.8, 4) is 0 Å². The summed E-state index contributed by atoms with van der Waals surface area (Å²) in [5.41, 5.74) is 0.570. The standard InChI is InChI=1S/C11H15N3O4S/c1-5(2)8-9(19-13-12-8)10(16)14-4-6(15)3-7(14)11(17)18/h5-7,15H,3-4H2,1-2H3,(H,17,18)/t6-,7-/m0/s1. The smallest absolute Gasteiger partial charge is 0.326 e. The van der Waals surface area contributed by atoms with Gasteiger partial charge < -0.3 is 15.1 Å². The molecule has 0 spiro atoms. The van der Waals surface area contributed by atoms with E-state index in [1.54, 1.807) is 0 Å². The Morgan fingerprint density at radius 2 is 2.16 bits per heavy atom. The van der Waals surface area contributed by atoms with Crippen molar-refractivity contribution in [1.82, 2.24) is 14.5 Å². The Balaban J connectivity index is 2.28. The minimum absolute atomic E-state index is 0.0330. The van der Waals surface area contributed by atoms with Crippen molar-refractivity contribution in [2.24, 2.45) is 0 Å². The van der Waals surface area contributed by atoms with Gasteiger partial charge in [0.25, 0.3) is 5.91 Å². The number of nitrogens with zero attached hydrogens (tertiary/aromatic N) is 3. The van der Waals surface area contributed by atoms with Crippen LogP contribution < -0.4 is 0 Å². The van der Waals surface area contributed by atoms with E-state index in [-0.39, 0.29) is 18.9 Å². The molecule has 0 aromatic carbocycles. The fourth-order valence-electron chi connectivity index (χ4n) is 2.13. The number of aromatic nitrogens is 2. The highest BCUT2D eigenvalue weighted by Crippen LogP contribution is 2.26. The fraction of sp³-hybridized carbons (Fsp3) is 0.636. The Kier molecular flexibility index (Phi) is 3.81. The van der Waals surface area contributed by atoms with Gasteiger partial charge in [-0.25, -0.2) is 4.79 Å². The van der Waals surface area contributed by atoms with Crippen LogP contribution >= 0.6 is 11.5 Å². The van der Waals surface area contributed by atoms with Gasteiger partial charge in [0, 0.05) is 13.0 Å². The second-order valence-corrected chi connectivity index (χ2v) is 5.60. The van der Waals surface area contributed by atoms with E-state index in [2.05, 4.69) is 9.59 Å². The topological polar surface area (TPSA) is 104 Å². The first-order chi connectivity index (χ1) is 8.91. The summed E-state index contributed by atoms with van der Waals surface area (Å²) >= 11 is 0.961. The number of rotatable bonds is 3. The molecule has 2 N–H and O–H groups in total. The first-order valence-corrected chi connectivity index (χ1v) is 6.73. The molecule has 2 atom stereocenters. The maximum Gasteiger partial charge on any atom is 0.326 e. The van der Waals surface area contributed by atoms with Crippen LogP contribution in [0.15, 0.2) is 0 Å². The van der Waals surface area contributed by atoms with Crippen molar-refractivity contribution in [2.45, 2.75) is 38.3 Å². The molecule has 1 fully saturated rings. The molecule has 104 valence electrons. The van der Waals surface area contributed by atoms with Crippen LogP contribution in [0.4, 0.5) is 0 Å². The number of likely N-dealkylation sites (tertiary alicyclic amines) is 1. The fourth-order valence-corrected chi connectivity index (χ4v) is 2.90. The molecule has 1 aromatic rings. The summed E-state index contributed by atoms with van der Waals surface area (Å²) in [5, 5.41) is 22.6. The van der Waals surface area contributed by atoms with E-state index in [1.807, 2.05) is 13.8 Å². The van der Waals surface area contributed by atoms with Crippen molar-refractivity contribution in [3.05, 3.63) is 10.6 Å². The molecule has 19 heavy (non-hydrogen) atoms. The summed E-state index contributed by atoms with van der Waals surface area (Å²) in [6.07, 6.45) is -0.738. The molecular formula is C11H15N3O4S. The van der Waals surface area contributed by atoms with Crippen LogP contribution in [0.5, 0.6) is 0 Å². The highest BCUT2D eigenvalue weighted by Gasteiger charge is 2.40. The Morgan fingerprint density at radius 3 is 2.74 bits per heavy atom. The van der Waals surface area contributed by atoms with E-state index in [0.29, 0.717) is 10.6 Å². The number of aliphatic hydroxyl groups is 1. The summed E-state index contributed by atoms with van der Waals surface area (Å²) in [7, 11) is 0. The third-order valence-corrected chi connectivity index (χ3v) is 3.81. The normalized spacial score (nSPS) is 23.1. The lowest BCUT2D eigenvalue weighted by atomic mass is 10.1. The molecule has 7 nitrogen and oxygen atoms in total. The molecule has 0 aliphatic carbocycles. The van der Waals surface area contributed by atoms with Gasteiger partial charge in [0.05, 0.1) is 11.8 Å². The van der Waals surface area contributed by atoms with Crippen LogP contribution in [0.2, 0.25) is 0 Å². The van der Waals surface area contributed by atoms with Gasteiger partial charge in [-0.15, -0.1) is 5.10 Å². The molecule has 1 aliphatic rings. The molecule has 2 rings (SSSR count). The molecule has 0 unspecified atom stereocenters. The number of carbonyl (C=O) groups is 2.